The van der Waals surface area contributed by atoms with Gasteiger partial charge in [-0.2, -0.15) is 4.31 Å². The number of fused-ring (bicyclic) bond motifs is 1. The summed E-state index contributed by atoms with van der Waals surface area (Å²) in [6.45, 7) is 1.51. The SMILES string of the molecule is O=S(=O)(c1ccc2oc(SCc3cc(-c4ccccc4)on3)nc2c1)N1CCOCC1. The Bertz CT molecular complexity index is 1300. The highest BCUT2D eigenvalue weighted by molar-refractivity contribution is 7.98. The minimum atomic E-state index is -3.58. The molecular weight excluding hydrogens is 438 g/mol. The van der Waals surface area contributed by atoms with Crippen molar-refractivity contribution in [3.63, 3.8) is 0 Å². The maximum atomic E-state index is 12.9. The smallest absolute Gasteiger partial charge is 0.257 e. The molecule has 0 saturated carbocycles. The first-order valence-electron chi connectivity index (χ1n) is 9.72. The fourth-order valence-corrected chi connectivity index (χ4v) is 5.45. The normalized spacial score (nSPS) is 15.5. The Hall–Kier alpha value is -2.66. The van der Waals surface area contributed by atoms with Gasteiger partial charge in [0.1, 0.15) is 5.52 Å². The standard InChI is InChI=1S/C21H19N3O5S2/c25-31(26,24-8-10-27-11-9-24)17-6-7-19-18(13-17)22-21(28-19)30-14-16-12-20(29-23-16)15-4-2-1-3-5-15/h1-7,12-13H,8-11,14H2. The number of benzene rings is 2. The zero-order valence-corrected chi connectivity index (χ0v) is 18.1. The van der Waals surface area contributed by atoms with Crippen LogP contribution in [0.25, 0.3) is 22.4 Å². The molecule has 1 aliphatic rings. The Morgan fingerprint density at radius 3 is 2.65 bits per heavy atom. The third kappa shape index (κ3) is 4.24. The molecule has 0 spiro atoms. The number of aromatic nitrogens is 2. The average Bonchev–Trinajstić information content (AvgIpc) is 3.45. The maximum absolute atomic E-state index is 12.9. The van der Waals surface area contributed by atoms with E-state index in [2.05, 4.69) is 10.1 Å². The van der Waals surface area contributed by atoms with E-state index in [9.17, 15) is 8.42 Å². The highest BCUT2D eigenvalue weighted by Crippen LogP contribution is 2.29. The van der Waals surface area contributed by atoms with Crippen LogP contribution in [0, 0.1) is 0 Å². The zero-order chi connectivity index (χ0) is 21.3. The van der Waals surface area contributed by atoms with Crippen molar-refractivity contribution in [3.05, 3.63) is 60.3 Å². The van der Waals surface area contributed by atoms with E-state index in [4.69, 9.17) is 13.7 Å². The monoisotopic (exact) mass is 457 g/mol. The van der Waals surface area contributed by atoms with Gasteiger partial charge in [0.05, 0.1) is 23.8 Å². The first kappa shape index (κ1) is 20.3. The van der Waals surface area contributed by atoms with E-state index in [1.54, 1.807) is 18.2 Å². The molecule has 31 heavy (non-hydrogen) atoms. The van der Waals surface area contributed by atoms with Gasteiger partial charge in [0.15, 0.2) is 11.3 Å². The molecule has 4 aromatic rings. The molecule has 0 amide bonds. The summed E-state index contributed by atoms with van der Waals surface area (Å²) >= 11 is 1.37. The summed E-state index contributed by atoms with van der Waals surface area (Å²) in [6, 6.07) is 16.4. The molecule has 5 rings (SSSR count). The van der Waals surface area contributed by atoms with Crippen LogP contribution >= 0.6 is 11.8 Å². The topological polar surface area (TPSA) is 98.7 Å². The predicted molar refractivity (Wildman–Crippen MR) is 115 cm³/mol. The Morgan fingerprint density at radius 1 is 1.03 bits per heavy atom. The molecule has 1 saturated heterocycles. The van der Waals surface area contributed by atoms with E-state index in [1.165, 1.54) is 16.1 Å². The minimum Gasteiger partial charge on any atom is -0.431 e. The van der Waals surface area contributed by atoms with Crippen LogP contribution in [0.5, 0.6) is 0 Å². The summed E-state index contributed by atoms with van der Waals surface area (Å²) in [5.74, 6) is 1.22. The summed E-state index contributed by atoms with van der Waals surface area (Å²) < 4.78 is 43.6. The summed E-state index contributed by atoms with van der Waals surface area (Å²) in [5, 5.41) is 4.54. The first-order valence-corrected chi connectivity index (χ1v) is 12.1. The molecule has 0 bridgehead atoms. The van der Waals surface area contributed by atoms with Gasteiger partial charge in [-0.3, -0.25) is 0 Å². The lowest BCUT2D eigenvalue weighted by molar-refractivity contribution is 0.0730. The number of sulfonamides is 1. The third-order valence-corrected chi connectivity index (χ3v) is 7.66. The summed E-state index contributed by atoms with van der Waals surface area (Å²) in [7, 11) is -3.58. The van der Waals surface area contributed by atoms with Gasteiger partial charge in [-0.1, -0.05) is 47.3 Å². The van der Waals surface area contributed by atoms with Gasteiger partial charge in [0.2, 0.25) is 10.0 Å². The predicted octanol–water partition coefficient (Wildman–Crippen LogP) is 3.80. The second-order valence-electron chi connectivity index (χ2n) is 6.96. The van der Waals surface area contributed by atoms with Crippen LogP contribution in [0.1, 0.15) is 5.69 Å². The first-order chi connectivity index (χ1) is 15.1. The Kier molecular flexibility index (Phi) is 5.53. The molecule has 2 aromatic heterocycles. The zero-order valence-electron chi connectivity index (χ0n) is 16.4. The molecular formula is C21H19N3O5S2. The molecule has 0 atom stereocenters. The lowest BCUT2D eigenvalue weighted by atomic mass is 10.2. The summed E-state index contributed by atoms with van der Waals surface area (Å²) in [5.41, 5.74) is 2.76. The largest absolute Gasteiger partial charge is 0.431 e. The fraction of sp³-hybridized carbons (Fsp3) is 0.238. The number of rotatable bonds is 6. The highest BCUT2D eigenvalue weighted by atomic mass is 32.2. The van der Waals surface area contributed by atoms with Crippen molar-refractivity contribution in [2.45, 2.75) is 15.9 Å². The van der Waals surface area contributed by atoms with Gasteiger partial charge in [0.25, 0.3) is 5.22 Å². The molecule has 160 valence electrons. The molecule has 0 radical (unpaired) electrons. The van der Waals surface area contributed by atoms with Crippen molar-refractivity contribution >= 4 is 32.9 Å². The minimum absolute atomic E-state index is 0.204. The molecule has 1 aliphatic heterocycles. The van der Waals surface area contributed by atoms with Crippen LogP contribution in [0.2, 0.25) is 0 Å². The molecule has 0 aliphatic carbocycles. The van der Waals surface area contributed by atoms with Crippen LogP contribution in [-0.2, 0) is 20.5 Å². The van der Waals surface area contributed by atoms with Gasteiger partial charge < -0.3 is 13.7 Å². The lowest BCUT2D eigenvalue weighted by Gasteiger charge is -2.25. The van der Waals surface area contributed by atoms with Gasteiger partial charge in [0, 0.05) is 30.5 Å². The van der Waals surface area contributed by atoms with Crippen molar-refractivity contribution in [1.82, 2.24) is 14.4 Å². The van der Waals surface area contributed by atoms with Gasteiger partial charge in [-0.25, -0.2) is 13.4 Å². The maximum Gasteiger partial charge on any atom is 0.257 e. The number of ether oxygens (including phenoxy) is 1. The van der Waals surface area contributed by atoms with Gasteiger partial charge in [-0.05, 0) is 18.2 Å². The number of nitrogens with zero attached hydrogens (tertiary/aromatic N) is 3. The van der Waals surface area contributed by atoms with E-state index in [1.807, 2.05) is 36.4 Å². The Morgan fingerprint density at radius 2 is 1.84 bits per heavy atom. The van der Waals surface area contributed by atoms with Crippen molar-refractivity contribution in [2.24, 2.45) is 0 Å². The fourth-order valence-electron chi connectivity index (χ4n) is 3.30. The quantitative estimate of drug-likeness (QED) is 0.403. The van der Waals surface area contributed by atoms with E-state index in [-0.39, 0.29) is 4.90 Å². The summed E-state index contributed by atoms with van der Waals surface area (Å²) in [4.78, 5) is 4.65. The molecule has 2 aromatic carbocycles. The van der Waals surface area contributed by atoms with Gasteiger partial charge >= 0.3 is 0 Å². The van der Waals surface area contributed by atoms with Crippen LogP contribution in [0.3, 0.4) is 0 Å². The molecule has 1 fully saturated rings. The number of hydrogen-bond donors (Lipinski definition) is 0. The number of morpholine rings is 1. The second-order valence-corrected chi connectivity index (χ2v) is 9.83. The van der Waals surface area contributed by atoms with E-state index in [0.717, 1.165) is 11.3 Å². The third-order valence-electron chi connectivity index (χ3n) is 4.91. The summed E-state index contributed by atoms with van der Waals surface area (Å²) in [6.07, 6.45) is 0. The number of oxazole rings is 1. The second kappa shape index (κ2) is 8.46. The van der Waals surface area contributed by atoms with E-state index >= 15 is 0 Å². The van der Waals surface area contributed by atoms with Crippen molar-refractivity contribution in [2.75, 3.05) is 26.3 Å². The average molecular weight is 458 g/mol. The molecule has 0 N–H and O–H groups in total. The van der Waals surface area contributed by atoms with E-state index < -0.39 is 10.0 Å². The molecule has 10 heteroatoms. The highest BCUT2D eigenvalue weighted by Gasteiger charge is 2.27. The Labute approximate surface area is 183 Å². The molecule has 8 nitrogen and oxygen atoms in total. The van der Waals surface area contributed by atoms with Gasteiger partial charge in [-0.15, -0.1) is 0 Å². The van der Waals surface area contributed by atoms with Crippen molar-refractivity contribution < 1.29 is 22.1 Å². The number of thioether (sulfide) groups is 1. The van der Waals surface area contributed by atoms with Crippen molar-refractivity contribution in [1.29, 1.82) is 0 Å². The van der Waals surface area contributed by atoms with E-state index in [0.29, 0.717) is 54.1 Å². The van der Waals surface area contributed by atoms with Crippen molar-refractivity contribution in [3.8, 4) is 11.3 Å². The molecule has 3 heterocycles. The van der Waals surface area contributed by atoms with Crippen LogP contribution in [0.4, 0.5) is 0 Å². The van der Waals surface area contributed by atoms with Crippen LogP contribution in [0.15, 0.2) is 73.7 Å². The number of hydrogen-bond acceptors (Lipinski definition) is 8. The van der Waals surface area contributed by atoms with Crippen LogP contribution < -0.4 is 0 Å². The Balaban J connectivity index is 1.31. The molecule has 0 unspecified atom stereocenters. The van der Waals surface area contributed by atoms with Crippen LogP contribution in [-0.4, -0.2) is 49.2 Å². The lowest BCUT2D eigenvalue weighted by Crippen LogP contribution is -2.40.